The van der Waals surface area contributed by atoms with Gasteiger partial charge in [-0.15, -0.1) is 13.2 Å². The number of fused-ring (bicyclic) bond motifs is 1. The minimum atomic E-state index is -4.81. The van der Waals surface area contributed by atoms with E-state index in [0.717, 1.165) is 17.4 Å². The van der Waals surface area contributed by atoms with E-state index in [1.807, 2.05) is 0 Å². The van der Waals surface area contributed by atoms with E-state index >= 15 is 0 Å². The number of amides is 1. The van der Waals surface area contributed by atoms with Crippen molar-refractivity contribution in [1.82, 2.24) is 10.3 Å². The maximum atomic E-state index is 14.8. The number of nitrogens with one attached hydrogen (secondary N) is 2. The number of benzene rings is 3. The number of hydrogen-bond donors (Lipinski definition) is 3. The molecule has 192 valence electrons. The van der Waals surface area contributed by atoms with Crippen molar-refractivity contribution in [1.29, 1.82) is 0 Å². The average Bonchev–Trinajstić information content (AvgIpc) is 3.24. The van der Waals surface area contributed by atoms with Crippen LogP contribution in [0.25, 0.3) is 21.3 Å². The molecule has 4 aromatic rings. The third-order valence-corrected chi connectivity index (χ3v) is 6.23. The fourth-order valence-corrected chi connectivity index (χ4v) is 4.37. The zero-order valence-corrected chi connectivity index (χ0v) is 19.9. The smallest absolute Gasteiger partial charge is 0.480 e. The number of hydrogen-bond acceptors (Lipinski definition) is 6. The first-order valence-corrected chi connectivity index (χ1v) is 11.7. The van der Waals surface area contributed by atoms with Crippen LogP contribution >= 0.6 is 11.3 Å². The number of carbonyl (C=O) groups is 2. The zero-order valence-electron chi connectivity index (χ0n) is 19.1. The summed E-state index contributed by atoms with van der Waals surface area (Å²) in [5.74, 6) is -2.62. The van der Waals surface area contributed by atoms with E-state index in [4.69, 9.17) is 5.11 Å². The summed E-state index contributed by atoms with van der Waals surface area (Å²) in [5, 5.41) is 14.6. The Morgan fingerprint density at radius 1 is 1.05 bits per heavy atom. The molecular formula is C25H19F4N3O4S. The highest BCUT2D eigenvalue weighted by atomic mass is 32.1. The van der Waals surface area contributed by atoms with Crippen LogP contribution in [0.4, 0.5) is 28.4 Å². The Morgan fingerprint density at radius 3 is 2.38 bits per heavy atom. The molecule has 0 aliphatic heterocycles. The minimum Gasteiger partial charge on any atom is -0.480 e. The van der Waals surface area contributed by atoms with Crippen LogP contribution in [0.1, 0.15) is 23.7 Å². The van der Waals surface area contributed by atoms with Gasteiger partial charge >= 0.3 is 12.3 Å². The molecule has 0 saturated heterocycles. The van der Waals surface area contributed by atoms with E-state index in [1.54, 1.807) is 25.1 Å². The number of ether oxygens (including phenoxy) is 1. The number of rotatable bonds is 8. The lowest BCUT2D eigenvalue weighted by Crippen LogP contribution is -2.40. The van der Waals surface area contributed by atoms with Crippen molar-refractivity contribution in [3.8, 4) is 16.9 Å². The summed E-state index contributed by atoms with van der Waals surface area (Å²) in [6.07, 6.45) is -4.57. The SMILES string of the molecule is CC[C@H](NC(=O)c1ccc(-c2ccc(Nc3nc4ccc(OC(F)(F)F)cc4s3)c(F)c2)cc1)C(=O)O. The molecule has 7 nitrogen and oxygen atoms in total. The normalized spacial score (nSPS) is 12.2. The molecule has 0 unspecified atom stereocenters. The number of anilines is 2. The number of aromatic nitrogens is 1. The first-order valence-electron chi connectivity index (χ1n) is 10.9. The Morgan fingerprint density at radius 2 is 1.76 bits per heavy atom. The number of carboxylic acid groups (broad SMARTS) is 1. The summed E-state index contributed by atoms with van der Waals surface area (Å²) < 4.78 is 56.5. The van der Waals surface area contributed by atoms with Crippen molar-refractivity contribution in [3.63, 3.8) is 0 Å². The zero-order chi connectivity index (χ0) is 26.7. The molecule has 4 rings (SSSR count). The number of nitrogens with zero attached hydrogens (tertiary/aromatic N) is 1. The number of alkyl halides is 3. The van der Waals surface area contributed by atoms with E-state index in [9.17, 15) is 27.2 Å². The van der Waals surface area contributed by atoms with Gasteiger partial charge in [0.25, 0.3) is 5.91 Å². The molecule has 1 heterocycles. The standard InChI is InChI=1S/C25H19F4N3O4S/c1-2-18(23(34)35)30-22(33)14-5-3-13(4-6-14)15-7-9-19(17(26)11-15)31-24-32-20-10-8-16(12-21(20)37-24)36-25(27,28)29/h3-12,18H,2H2,1H3,(H,30,33)(H,31,32)(H,34,35)/t18-/m0/s1. The predicted octanol–water partition coefficient (Wildman–Crippen LogP) is 6.34. The molecule has 0 aliphatic carbocycles. The molecule has 0 radical (unpaired) electrons. The van der Waals surface area contributed by atoms with Gasteiger partial charge in [-0.2, -0.15) is 0 Å². The lowest BCUT2D eigenvalue weighted by molar-refractivity contribution is -0.274. The predicted molar refractivity (Wildman–Crippen MR) is 131 cm³/mol. The van der Waals surface area contributed by atoms with E-state index in [0.29, 0.717) is 21.3 Å². The third kappa shape index (κ3) is 6.33. The van der Waals surface area contributed by atoms with Crippen molar-refractivity contribution in [2.45, 2.75) is 25.7 Å². The number of halogens is 4. The fourth-order valence-electron chi connectivity index (χ4n) is 3.46. The van der Waals surface area contributed by atoms with Gasteiger partial charge in [0.05, 0.1) is 15.9 Å². The molecule has 12 heteroatoms. The molecular weight excluding hydrogens is 514 g/mol. The van der Waals surface area contributed by atoms with Crippen molar-refractivity contribution in [2.75, 3.05) is 5.32 Å². The Bertz CT molecular complexity index is 1450. The van der Waals surface area contributed by atoms with Gasteiger partial charge in [-0.05, 0) is 53.9 Å². The fraction of sp³-hybridized carbons (Fsp3) is 0.160. The molecule has 1 amide bonds. The van der Waals surface area contributed by atoms with Crippen LogP contribution in [0.5, 0.6) is 5.75 Å². The molecule has 3 N–H and O–H groups in total. The quantitative estimate of drug-likeness (QED) is 0.229. The Labute approximate surface area is 211 Å². The second-order valence-corrected chi connectivity index (χ2v) is 8.90. The highest BCUT2D eigenvalue weighted by Crippen LogP contribution is 2.34. The van der Waals surface area contributed by atoms with E-state index < -0.39 is 30.1 Å². The van der Waals surface area contributed by atoms with Gasteiger partial charge in [0.2, 0.25) is 0 Å². The number of thiazole rings is 1. The highest BCUT2D eigenvalue weighted by molar-refractivity contribution is 7.22. The van der Waals surface area contributed by atoms with Crippen LogP contribution in [-0.4, -0.2) is 34.4 Å². The summed E-state index contributed by atoms with van der Waals surface area (Å²) in [6, 6.07) is 13.4. The number of aliphatic carboxylic acids is 1. The second-order valence-electron chi connectivity index (χ2n) is 7.87. The van der Waals surface area contributed by atoms with E-state index in [-0.39, 0.29) is 28.6 Å². The molecule has 0 spiro atoms. The average molecular weight is 534 g/mol. The number of carboxylic acids is 1. The summed E-state index contributed by atoms with van der Waals surface area (Å²) in [6.45, 7) is 1.65. The molecule has 0 saturated carbocycles. The van der Waals surface area contributed by atoms with Crippen LogP contribution < -0.4 is 15.4 Å². The Kier molecular flexibility index (Phi) is 7.30. The molecule has 37 heavy (non-hydrogen) atoms. The van der Waals surface area contributed by atoms with Crippen molar-refractivity contribution in [2.24, 2.45) is 0 Å². The van der Waals surface area contributed by atoms with E-state index in [2.05, 4.69) is 20.4 Å². The monoisotopic (exact) mass is 533 g/mol. The van der Waals surface area contributed by atoms with Gasteiger partial charge in [0.15, 0.2) is 5.13 Å². The summed E-state index contributed by atoms with van der Waals surface area (Å²) in [5.41, 5.74) is 1.97. The van der Waals surface area contributed by atoms with Gasteiger partial charge in [-0.3, -0.25) is 4.79 Å². The molecule has 0 aliphatic rings. The molecule has 3 aromatic carbocycles. The maximum Gasteiger partial charge on any atom is 0.573 e. The van der Waals surface area contributed by atoms with Gasteiger partial charge < -0.3 is 20.5 Å². The van der Waals surface area contributed by atoms with E-state index in [1.165, 1.54) is 36.4 Å². The van der Waals surface area contributed by atoms with Crippen LogP contribution in [0.2, 0.25) is 0 Å². The topological polar surface area (TPSA) is 101 Å². The third-order valence-electron chi connectivity index (χ3n) is 5.30. The molecule has 1 aromatic heterocycles. The molecule has 0 fully saturated rings. The van der Waals surface area contributed by atoms with Crippen molar-refractivity contribution in [3.05, 3.63) is 72.0 Å². The maximum absolute atomic E-state index is 14.8. The highest BCUT2D eigenvalue weighted by Gasteiger charge is 2.31. The Hall–Kier alpha value is -4.19. The van der Waals surface area contributed by atoms with Gasteiger partial charge in [0, 0.05) is 11.6 Å². The van der Waals surface area contributed by atoms with Gasteiger partial charge in [-0.25, -0.2) is 14.2 Å². The van der Waals surface area contributed by atoms with Crippen LogP contribution in [-0.2, 0) is 4.79 Å². The van der Waals surface area contributed by atoms with Gasteiger partial charge in [-0.1, -0.05) is 36.5 Å². The number of carbonyl (C=O) groups excluding carboxylic acids is 1. The second kappa shape index (κ2) is 10.4. The lowest BCUT2D eigenvalue weighted by Gasteiger charge is -2.12. The summed E-state index contributed by atoms with van der Waals surface area (Å²) in [4.78, 5) is 27.7. The van der Waals surface area contributed by atoms with Gasteiger partial charge in [0.1, 0.15) is 17.6 Å². The van der Waals surface area contributed by atoms with Crippen molar-refractivity contribution < 1.29 is 37.0 Å². The first kappa shape index (κ1) is 25.9. The summed E-state index contributed by atoms with van der Waals surface area (Å²) in [7, 11) is 0. The first-order chi connectivity index (χ1) is 17.5. The lowest BCUT2D eigenvalue weighted by atomic mass is 10.0. The van der Waals surface area contributed by atoms with Crippen LogP contribution in [0.15, 0.2) is 60.7 Å². The summed E-state index contributed by atoms with van der Waals surface area (Å²) >= 11 is 1.04. The van der Waals surface area contributed by atoms with Crippen LogP contribution in [0.3, 0.4) is 0 Å². The van der Waals surface area contributed by atoms with Crippen molar-refractivity contribution >= 4 is 44.2 Å². The minimum absolute atomic E-state index is 0.116. The largest absolute Gasteiger partial charge is 0.573 e. The van der Waals surface area contributed by atoms with Crippen LogP contribution in [0, 0.1) is 5.82 Å². The Balaban J connectivity index is 1.47. The molecule has 1 atom stereocenters. The molecule has 0 bridgehead atoms.